The molecule has 1 atom stereocenters. The second-order valence-corrected chi connectivity index (χ2v) is 6.44. The highest BCUT2D eigenvalue weighted by Crippen LogP contribution is 2.24. The average Bonchev–Trinajstić information content (AvgIpc) is 2.93. The first-order chi connectivity index (χ1) is 10.5. The monoisotopic (exact) mass is 335 g/mol. The van der Waals surface area contributed by atoms with Crippen LogP contribution in [0.1, 0.15) is 16.7 Å². The van der Waals surface area contributed by atoms with Crippen LogP contribution in [0.25, 0.3) is 0 Å². The van der Waals surface area contributed by atoms with E-state index < -0.39 is 0 Å². The van der Waals surface area contributed by atoms with Crippen LogP contribution in [0.15, 0.2) is 42.5 Å². The van der Waals surface area contributed by atoms with Gasteiger partial charge in [0.25, 0.3) is 5.91 Å². The van der Waals surface area contributed by atoms with Crippen molar-refractivity contribution in [3.63, 3.8) is 0 Å². The Labute approximate surface area is 139 Å². The summed E-state index contributed by atoms with van der Waals surface area (Å²) in [5, 5.41) is 1.18. The van der Waals surface area contributed by atoms with Gasteiger partial charge in [-0.1, -0.05) is 53.5 Å². The number of amides is 1. The van der Waals surface area contributed by atoms with Crippen LogP contribution in [0, 0.1) is 0 Å². The van der Waals surface area contributed by atoms with Gasteiger partial charge >= 0.3 is 0 Å². The van der Waals surface area contributed by atoms with Gasteiger partial charge in [0.15, 0.2) is 6.04 Å². The van der Waals surface area contributed by atoms with Gasteiger partial charge in [-0.25, -0.2) is 0 Å². The van der Waals surface area contributed by atoms with Crippen molar-refractivity contribution in [2.45, 2.75) is 25.6 Å². The lowest BCUT2D eigenvalue weighted by atomic mass is 10.1. The van der Waals surface area contributed by atoms with E-state index in [0.717, 1.165) is 5.56 Å². The molecule has 0 unspecified atom stereocenters. The Balaban J connectivity index is 1.68. The van der Waals surface area contributed by atoms with E-state index in [9.17, 15) is 4.79 Å². The number of fused-ring (bicyclic) bond motifs is 1. The predicted octanol–water partition coefficient (Wildman–Crippen LogP) is 2.69. The first-order valence-corrected chi connectivity index (χ1v) is 7.93. The third kappa shape index (κ3) is 3.12. The van der Waals surface area contributed by atoms with Gasteiger partial charge in [-0.3, -0.25) is 4.79 Å². The highest BCUT2D eigenvalue weighted by Gasteiger charge is 2.29. The minimum atomic E-state index is -0.354. The van der Waals surface area contributed by atoms with Gasteiger partial charge in [-0.2, -0.15) is 0 Å². The van der Waals surface area contributed by atoms with Crippen LogP contribution in [-0.2, 0) is 24.3 Å². The van der Waals surface area contributed by atoms with E-state index >= 15 is 0 Å². The maximum atomic E-state index is 12.6. The molecule has 5 heteroatoms. The zero-order valence-electron chi connectivity index (χ0n) is 12.1. The van der Waals surface area contributed by atoms with Crippen molar-refractivity contribution in [3.05, 3.63) is 69.2 Å². The number of nitrogens with zero attached hydrogens (tertiary/aromatic N) is 1. The summed E-state index contributed by atoms with van der Waals surface area (Å²) in [6.45, 7) is 1.32. The summed E-state index contributed by atoms with van der Waals surface area (Å²) < 4.78 is 0. The van der Waals surface area contributed by atoms with Crippen molar-refractivity contribution in [3.8, 4) is 0 Å². The number of hydrogen-bond acceptors (Lipinski definition) is 1. The summed E-state index contributed by atoms with van der Waals surface area (Å²) in [4.78, 5) is 14.4. The van der Waals surface area contributed by atoms with E-state index in [2.05, 4.69) is 17.9 Å². The third-order valence-corrected chi connectivity index (χ3v) is 4.57. The Morgan fingerprint density at radius 1 is 1.14 bits per heavy atom. The lowest BCUT2D eigenvalue weighted by Gasteiger charge is -2.18. The molecule has 1 aliphatic heterocycles. The lowest BCUT2D eigenvalue weighted by molar-refractivity contribution is -0.405. The molecule has 1 aliphatic rings. The molecule has 3 rings (SSSR count). The third-order valence-electron chi connectivity index (χ3n) is 3.98. The average molecular weight is 336 g/mol. The fraction of sp³-hybridized carbons (Fsp3) is 0.235. The van der Waals surface area contributed by atoms with E-state index in [1.165, 1.54) is 11.1 Å². The molecule has 114 valence electrons. The van der Waals surface area contributed by atoms with E-state index in [0.29, 0.717) is 29.6 Å². The fourth-order valence-corrected chi connectivity index (χ4v) is 3.27. The number of carbonyl (C=O) groups excluding carboxylic acids is 1. The molecule has 0 radical (unpaired) electrons. The second-order valence-electron chi connectivity index (χ2n) is 5.60. The Kier molecular flexibility index (Phi) is 4.39. The van der Waals surface area contributed by atoms with Gasteiger partial charge < -0.3 is 10.6 Å². The molecule has 0 aromatic heterocycles. The first kappa shape index (κ1) is 15.3. The van der Waals surface area contributed by atoms with Gasteiger partial charge in [0.1, 0.15) is 0 Å². The SMILES string of the molecule is [NH3+][C@H](Cc1ccc(Cl)cc1Cl)C(=O)N1Cc2ccccc2C1. The molecule has 1 amide bonds. The zero-order valence-corrected chi connectivity index (χ0v) is 13.6. The van der Waals surface area contributed by atoms with Crippen molar-refractivity contribution < 1.29 is 10.5 Å². The molecule has 1 heterocycles. The van der Waals surface area contributed by atoms with Crippen LogP contribution < -0.4 is 5.73 Å². The van der Waals surface area contributed by atoms with Crippen molar-refractivity contribution >= 4 is 29.1 Å². The maximum absolute atomic E-state index is 12.6. The predicted molar refractivity (Wildman–Crippen MR) is 87.5 cm³/mol. The number of carbonyl (C=O) groups is 1. The highest BCUT2D eigenvalue weighted by molar-refractivity contribution is 6.35. The van der Waals surface area contributed by atoms with E-state index in [1.807, 2.05) is 23.1 Å². The Hall–Kier alpha value is -1.55. The van der Waals surface area contributed by atoms with Crippen LogP contribution in [0.3, 0.4) is 0 Å². The summed E-state index contributed by atoms with van der Waals surface area (Å²) >= 11 is 12.1. The zero-order chi connectivity index (χ0) is 15.7. The second kappa shape index (κ2) is 6.29. The molecule has 0 bridgehead atoms. The molecule has 0 fully saturated rings. The molecule has 2 aromatic carbocycles. The smallest absolute Gasteiger partial charge is 0.281 e. The first-order valence-electron chi connectivity index (χ1n) is 7.17. The van der Waals surface area contributed by atoms with Gasteiger partial charge in [0.2, 0.25) is 0 Å². The molecule has 3 nitrogen and oxygen atoms in total. The molecule has 0 aliphatic carbocycles. The van der Waals surface area contributed by atoms with Gasteiger partial charge in [-0.05, 0) is 28.8 Å². The molecule has 0 saturated carbocycles. The fourth-order valence-electron chi connectivity index (χ4n) is 2.79. The number of quaternary nitrogens is 1. The van der Waals surface area contributed by atoms with Crippen molar-refractivity contribution in [1.82, 2.24) is 4.90 Å². The number of halogens is 2. The molecule has 0 spiro atoms. The van der Waals surface area contributed by atoms with Crippen LogP contribution in [0.2, 0.25) is 10.0 Å². The number of rotatable bonds is 3. The van der Waals surface area contributed by atoms with Crippen LogP contribution in [0.5, 0.6) is 0 Å². The molecule has 22 heavy (non-hydrogen) atoms. The van der Waals surface area contributed by atoms with E-state index in [4.69, 9.17) is 23.2 Å². The summed E-state index contributed by atoms with van der Waals surface area (Å²) in [5.74, 6) is 0.0576. The molecule has 2 aromatic rings. The standard InChI is InChI=1S/C17H16Cl2N2O/c18-14-6-5-11(15(19)8-14)7-16(20)17(22)21-9-12-3-1-2-4-13(12)10-21/h1-6,8,16H,7,9-10,20H2/p+1/t16-/m1/s1. The van der Waals surface area contributed by atoms with Crippen molar-refractivity contribution in [1.29, 1.82) is 0 Å². The van der Waals surface area contributed by atoms with E-state index in [1.54, 1.807) is 12.1 Å². The Bertz CT molecular complexity index is 693. The summed E-state index contributed by atoms with van der Waals surface area (Å²) in [7, 11) is 0. The highest BCUT2D eigenvalue weighted by atomic mass is 35.5. The summed E-state index contributed by atoms with van der Waals surface area (Å²) in [6, 6.07) is 13.1. The summed E-state index contributed by atoms with van der Waals surface area (Å²) in [5.41, 5.74) is 7.35. The topological polar surface area (TPSA) is 48.0 Å². The quantitative estimate of drug-likeness (QED) is 0.920. The van der Waals surface area contributed by atoms with Gasteiger partial charge in [0, 0.05) is 29.6 Å². The minimum Gasteiger partial charge on any atom is -0.347 e. The minimum absolute atomic E-state index is 0.0576. The Morgan fingerprint density at radius 2 is 1.77 bits per heavy atom. The normalized spacial score (nSPS) is 14.8. The number of benzene rings is 2. The van der Waals surface area contributed by atoms with Gasteiger partial charge in [0.05, 0.1) is 0 Å². The van der Waals surface area contributed by atoms with Crippen LogP contribution in [-0.4, -0.2) is 16.8 Å². The largest absolute Gasteiger partial charge is 0.347 e. The van der Waals surface area contributed by atoms with Crippen LogP contribution >= 0.6 is 23.2 Å². The maximum Gasteiger partial charge on any atom is 0.281 e. The molecular formula is C17H17Cl2N2O+. The number of hydrogen-bond donors (Lipinski definition) is 1. The Morgan fingerprint density at radius 3 is 2.36 bits per heavy atom. The van der Waals surface area contributed by atoms with Crippen molar-refractivity contribution in [2.24, 2.45) is 0 Å². The van der Waals surface area contributed by atoms with Crippen LogP contribution in [0.4, 0.5) is 0 Å². The van der Waals surface area contributed by atoms with Crippen molar-refractivity contribution in [2.75, 3.05) is 0 Å². The van der Waals surface area contributed by atoms with Gasteiger partial charge in [-0.15, -0.1) is 0 Å². The van der Waals surface area contributed by atoms with E-state index in [-0.39, 0.29) is 11.9 Å². The lowest BCUT2D eigenvalue weighted by Crippen LogP contribution is -2.68. The summed E-state index contributed by atoms with van der Waals surface area (Å²) in [6.07, 6.45) is 0.516. The molecular weight excluding hydrogens is 319 g/mol. The molecule has 3 N–H and O–H groups in total. The molecule has 0 saturated heterocycles.